The van der Waals surface area contributed by atoms with E-state index in [1.54, 1.807) is 0 Å². The van der Waals surface area contributed by atoms with Crippen molar-refractivity contribution < 1.29 is 5.11 Å². The number of likely N-dealkylation sites (tertiary alicyclic amines) is 1. The zero-order valence-corrected chi connectivity index (χ0v) is 7.04. The van der Waals surface area contributed by atoms with Crippen LogP contribution in [-0.2, 0) is 0 Å². The van der Waals surface area contributed by atoms with Gasteiger partial charge in [0.15, 0.2) is 0 Å². The van der Waals surface area contributed by atoms with Crippen LogP contribution in [0.5, 0.6) is 0 Å². The molecule has 10 heavy (non-hydrogen) atoms. The summed E-state index contributed by atoms with van der Waals surface area (Å²) in [7, 11) is 2.09. The molecule has 60 valence electrons. The van der Waals surface area contributed by atoms with E-state index in [9.17, 15) is 5.11 Å². The van der Waals surface area contributed by atoms with E-state index >= 15 is 0 Å². The molecule has 1 heterocycles. The molecule has 1 N–H and O–H groups in total. The summed E-state index contributed by atoms with van der Waals surface area (Å²) in [6.45, 7) is 4.29. The second-order valence-corrected chi connectivity index (χ2v) is 3.29. The summed E-state index contributed by atoms with van der Waals surface area (Å²) in [6, 6.07) is 0.954. The van der Waals surface area contributed by atoms with Crippen molar-refractivity contribution in [2.24, 2.45) is 0 Å². The van der Waals surface area contributed by atoms with Crippen LogP contribution in [0.1, 0.15) is 26.7 Å². The van der Waals surface area contributed by atoms with Crippen LogP contribution in [0, 0.1) is 0 Å². The highest BCUT2D eigenvalue weighted by atomic mass is 16.3. The van der Waals surface area contributed by atoms with E-state index in [1.807, 2.05) is 0 Å². The van der Waals surface area contributed by atoms with Crippen LogP contribution in [0.25, 0.3) is 0 Å². The Bertz CT molecular complexity index is 116. The molecule has 1 rings (SSSR count). The van der Waals surface area contributed by atoms with Crippen LogP contribution in [0.3, 0.4) is 0 Å². The van der Waals surface area contributed by atoms with Crippen molar-refractivity contribution in [3.05, 3.63) is 0 Å². The maximum Gasteiger partial charge on any atom is 0.0710 e. The second kappa shape index (κ2) is 2.89. The highest BCUT2D eigenvalue weighted by Crippen LogP contribution is 2.23. The van der Waals surface area contributed by atoms with Gasteiger partial charge in [0.1, 0.15) is 0 Å². The lowest BCUT2D eigenvalue weighted by Gasteiger charge is -2.22. The van der Waals surface area contributed by atoms with Crippen molar-refractivity contribution in [3.63, 3.8) is 0 Å². The minimum absolute atomic E-state index is 0.0926. The van der Waals surface area contributed by atoms with E-state index in [2.05, 4.69) is 25.8 Å². The first-order valence-corrected chi connectivity index (χ1v) is 4.06. The van der Waals surface area contributed by atoms with Gasteiger partial charge in [-0.05, 0) is 26.8 Å². The predicted octanol–water partition coefficient (Wildman–Crippen LogP) is 0.850. The average molecular weight is 143 g/mol. The van der Waals surface area contributed by atoms with E-state index in [4.69, 9.17) is 0 Å². The molecule has 2 heteroatoms. The number of hydrogen-bond acceptors (Lipinski definition) is 2. The SMILES string of the molecule is CCC1C(O)CC(C)N1C. The Kier molecular flexibility index (Phi) is 2.32. The van der Waals surface area contributed by atoms with Crippen molar-refractivity contribution in [1.29, 1.82) is 0 Å². The second-order valence-electron chi connectivity index (χ2n) is 3.29. The number of hydrogen-bond donors (Lipinski definition) is 1. The first kappa shape index (κ1) is 8.02. The molecule has 0 spiro atoms. The molecule has 3 unspecified atom stereocenters. The lowest BCUT2D eigenvalue weighted by molar-refractivity contribution is 0.122. The topological polar surface area (TPSA) is 23.5 Å². The molecular weight excluding hydrogens is 126 g/mol. The van der Waals surface area contributed by atoms with E-state index in [-0.39, 0.29) is 6.10 Å². The highest BCUT2D eigenvalue weighted by molar-refractivity contribution is 4.88. The molecule has 1 aliphatic rings. The Morgan fingerprint density at radius 1 is 1.60 bits per heavy atom. The standard InChI is InChI=1S/C8H17NO/c1-4-7-8(10)5-6(2)9(7)3/h6-8,10H,4-5H2,1-3H3. The highest BCUT2D eigenvalue weighted by Gasteiger charge is 2.33. The molecule has 2 nitrogen and oxygen atoms in total. The zero-order chi connectivity index (χ0) is 7.72. The summed E-state index contributed by atoms with van der Waals surface area (Å²) in [5.41, 5.74) is 0. The molecule has 3 atom stereocenters. The van der Waals surface area contributed by atoms with Crippen molar-refractivity contribution in [2.75, 3.05) is 7.05 Å². The Hall–Kier alpha value is -0.0800. The van der Waals surface area contributed by atoms with Gasteiger partial charge in [0, 0.05) is 12.1 Å². The van der Waals surface area contributed by atoms with Crippen molar-refractivity contribution >= 4 is 0 Å². The van der Waals surface area contributed by atoms with Gasteiger partial charge in [-0.1, -0.05) is 6.92 Å². The minimum atomic E-state index is -0.0926. The third-order valence-electron chi connectivity index (χ3n) is 2.66. The summed E-state index contributed by atoms with van der Waals surface area (Å²) >= 11 is 0. The van der Waals surface area contributed by atoms with Crippen molar-refractivity contribution in [2.45, 2.75) is 44.9 Å². The lowest BCUT2D eigenvalue weighted by atomic mass is 10.1. The molecule has 1 saturated heterocycles. The fraction of sp³-hybridized carbons (Fsp3) is 1.00. The first-order chi connectivity index (χ1) is 4.66. The summed E-state index contributed by atoms with van der Waals surface area (Å²) in [6.07, 6.45) is 1.90. The maximum atomic E-state index is 9.49. The summed E-state index contributed by atoms with van der Waals surface area (Å²) in [5, 5.41) is 9.49. The lowest BCUT2D eigenvalue weighted by Crippen LogP contribution is -2.33. The van der Waals surface area contributed by atoms with Crippen LogP contribution in [0.15, 0.2) is 0 Å². The summed E-state index contributed by atoms with van der Waals surface area (Å²) < 4.78 is 0. The van der Waals surface area contributed by atoms with E-state index in [0.717, 1.165) is 12.8 Å². The third kappa shape index (κ3) is 1.18. The molecule has 0 aromatic heterocycles. The fourth-order valence-corrected chi connectivity index (χ4v) is 1.83. The normalized spacial score (nSPS) is 42.6. The number of aliphatic hydroxyl groups excluding tert-OH is 1. The van der Waals surface area contributed by atoms with E-state index in [0.29, 0.717) is 12.1 Å². The van der Waals surface area contributed by atoms with Gasteiger partial charge in [-0.15, -0.1) is 0 Å². The van der Waals surface area contributed by atoms with Gasteiger partial charge < -0.3 is 5.11 Å². The predicted molar refractivity (Wildman–Crippen MR) is 41.9 cm³/mol. The molecule has 0 aromatic carbocycles. The number of likely N-dealkylation sites (N-methyl/N-ethyl adjacent to an activating group) is 1. The molecule has 0 saturated carbocycles. The molecule has 0 aliphatic carbocycles. The number of aliphatic hydroxyl groups is 1. The van der Waals surface area contributed by atoms with Crippen molar-refractivity contribution in [1.82, 2.24) is 4.90 Å². The van der Waals surface area contributed by atoms with Gasteiger partial charge in [0.2, 0.25) is 0 Å². The number of nitrogens with zero attached hydrogens (tertiary/aromatic N) is 1. The molecule has 1 fully saturated rings. The van der Waals surface area contributed by atoms with Crippen LogP contribution in [0.2, 0.25) is 0 Å². The smallest absolute Gasteiger partial charge is 0.0710 e. The van der Waals surface area contributed by atoms with Crippen LogP contribution >= 0.6 is 0 Å². The molecule has 0 aromatic rings. The van der Waals surface area contributed by atoms with Crippen LogP contribution in [-0.4, -0.2) is 35.2 Å². The quantitative estimate of drug-likeness (QED) is 0.588. The third-order valence-corrected chi connectivity index (χ3v) is 2.66. The Morgan fingerprint density at radius 2 is 2.20 bits per heavy atom. The Labute approximate surface area is 62.8 Å². The van der Waals surface area contributed by atoms with Crippen molar-refractivity contribution in [3.8, 4) is 0 Å². The fourth-order valence-electron chi connectivity index (χ4n) is 1.83. The zero-order valence-electron chi connectivity index (χ0n) is 7.04. The largest absolute Gasteiger partial charge is 0.391 e. The Morgan fingerprint density at radius 3 is 2.40 bits per heavy atom. The van der Waals surface area contributed by atoms with Gasteiger partial charge in [0.05, 0.1) is 6.10 Å². The maximum absolute atomic E-state index is 9.49. The van der Waals surface area contributed by atoms with E-state index in [1.165, 1.54) is 0 Å². The molecular formula is C8H17NO. The van der Waals surface area contributed by atoms with Gasteiger partial charge in [-0.2, -0.15) is 0 Å². The summed E-state index contributed by atoms with van der Waals surface area (Å²) in [4.78, 5) is 2.27. The van der Waals surface area contributed by atoms with Gasteiger partial charge in [-0.25, -0.2) is 0 Å². The minimum Gasteiger partial charge on any atom is -0.391 e. The van der Waals surface area contributed by atoms with Crippen LogP contribution in [0.4, 0.5) is 0 Å². The summed E-state index contributed by atoms with van der Waals surface area (Å²) in [5.74, 6) is 0. The Balaban J connectivity index is 2.55. The average Bonchev–Trinajstić information content (AvgIpc) is 2.09. The monoisotopic (exact) mass is 143 g/mol. The van der Waals surface area contributed by atoms with Gasteiger partial charge in [-0.3, -0.25) is 4.90 Å². The molecule has 0 radical (unpaired) electrons. The van der Waals surface area contributed by atoms with Crippen LogP contribution < -0.4 is 0 Å². The molecule has 0 bridgehead atoms. The van der Waals surface area contributed by atoms with E-state index < -0.39 is 0 Å². The molecule has 0 amide bonds. The van der Waals surface area contributed by atoms with Gasteiger partial charge in [0.25, 0.3) is 0 Å². The first-order valence-electron chi connectivity index (χ1n) is 4.06. The van der Waals surface area contributed by atoms with Gasteiger partial charge >= 0.3 is 0 Å². The number of rotatable bonds is 1. The molecule has 1 aliphatic heterocycles.